The van der Waals surface area contributed by atoms with Crippen LogP contribution in [0.25, 0.3) is 5.69 Å². The molecule has 1 atom stereocenters. The summed E-state index contributed by atoms with van der Waals surface area (Å²) in [6.45, 7) is 6.43. The maximum atomic E-state index is 12.9. The maximum absolute atomic E-state index is 12.9. The van der Waals surface area contributed by atoms with E-state index in [0.717, 1.165) is 33.8 Å². The number of fused-ring (bicyclic) bond motifs is 1. The average Bonchev–Trinajstić information content (AvgIpc) is 3.00. The first-order valence-electron chi connectivity index (χ1n) is 9.16. The number of para-hydroxylation sites is 1. The molecule has 4 rings (SSSR count). The number of hydrogen-bond donors (Lipinski definition) is 1. The third-order valence-electron chi connectivity index (χ3n) is 4.78. The van der Waals surface area contributed by atoms with Crippen LogP contribution < -0.4 is 10.1 Å². The first-order chi connectivity index (χ1) is 13.0. The van der Waals surface area contributed by atoms with E-state index >= 15 is 0 Å². The zero-order valence-electron chi connectivity index (χ0n) is 15.8. The number of carbonyl (C=O) groups is 1. The second kappa shape index (κ2) is 6.91. The molecule has 5 heteroatoms. The van der Waals surface area contributed by atoms with Crippen molar-refractivity contribution < 1.29 is 9.53 Å². The summed E-state index contributed by atoms with van der Waals surface area (Å²) in [6, 6.07) is 16.0. The Hall–Kier alpha value is -3.08. The molecule has 3 aromatic rings. The van der Waals surface area contributed by atoms with Crippen molar-refractivity contribution >= 4 is 11.7 Å². The average molecular weight is 361 g/mol. The van der Waals surface area contributed by atoms with Crippen LogP contribution in [0, 0.1) is 26.7 Å². The van der Waals surface area contributed by atoms with Gasteiger partial charge in [0.2, 0.25) is 5.91 Å². The number of anilines is 1. The van der Waals surface area contributed by atoms with Crippen molar-refractivity contribution in [1.82, 2.24) is 9.78 Å². The van der Waals surface area contributed by atoms with Gasteiger partial charge < -0.3 is 10.1 Å². The first kappa shape index (κ1) is 17.3. The van der Waals surface area contributed by atoms with E-state index in [2.05, 4.69) is 42.5 Å². The monoisotopic (exact) mass is 361 g/mol. The molecule has 5 nitrogen and oxygen atoms in total. The van der Waals surface area contributed by atoms with E-state index in [1.807, 2.05) is 37.3 Å². The zero-order chi connectivity index (χ0) is 19.0. The molecule has 138 valence electrons. The van der Waals surface area contributed by atoms with Gasteiger partial charge >= 0.3 is 0 Å². The number of benzene rings is 2. The predicted molar refractivity (Wildman–Crippen MR) is 106 cm³/mol. The van der Waals surface area contributed by atoms with Gasteiger partial charge in [0.15, 0.2) is 0 Å². The van der Waals surface area contributed by atoms with Gasteiger partial charge in [-0.2, -0.15) is 5.10 Å². The Kier molecular flexibility index (Phi) is 4.44. The van der Waals surface area contributed by atoms with Crippen molar-refractivity contribution in [2.75, 3.05) is 11.9 Å². The van der Waals surface area contributed by atoms with Gasteiger partial charge in [-0.3, -0.25) is 4.79 Å². The van der Waals surface area contributed by atoms with Crippen LogP contribution in [0.5, 0.6) is 5.75 Å². The van der Waals surface area contributed by atoms with Crippen molar-refractivity contribution in [1.29, 1.82) is 0 Å². The standard InChI is InChI=1S/C22H23N3O2/c1-14-8-15(2)10-19(9-14)25-21(11-16(3)24-25)23-22(26)18-12-17-6-4-5-7-20(17)27-13-18/h4-11,18H,12-13H2,1-3H3,(H,23,26). The molecule has 1 amide bonds. The highest BCUT2D eigenvalue weighted by atomic mass is 16.5. The summed E-state index contributed by atoms with van der Waals surface area (Å²) < 4.78 is 7.56. The van der Waals surface area contributed by atoms with E-state index < -0.39 is 0 Å². The quantitative estimate of drug-likeness (QED) is 0.767. The molecule has 27 heavy (non-hydrogen) atoms. The van der Waals surface area contributed by atoms with Crippen LogP contribution in [0.3, 0.4) is 0 Å². The number of ether oxygens (including phenoxy) is 1. The Morgan fingerprint density at radius 2 is 1.85 bits per heavy atom. The molecule has 0 spiro atoms. The molecule has 1 N–H and O–H groups in total. The number of amides is 1. The number of aromatic nitrogens is 2. The molecule has 1 unspecified atom stereocenters. The molecule has 0 saturated carbocycles. The summed E-state index contributed by atoms with van der Waals surface area (Å²) in [5.41, 5.74) is 5.19. The Morgan fingerprint density at radius 3 is 2.63 bits per heavy atom. The predicted octanol–water partition coefficient (Wildman–Crippen LogP) is 3.99. The highest BCUT2D eigenvalue weighted by Crippen LogP contribution is 2.28. The van der Waals surface area contributed by atoms with E-state index in [0.29, 0.717) is 18.8 Å². The van der Waals surface area contributed by atoms with Gasteiger partial charge in [0.25, 0.3) is 0 Å². The second-order valence-electron chi connectivity index (χ2n) is 7.24. The van der Waals surface area contributed by atoms with E-state index in [4.69, 9.17) is 4.74 Å². The van der Waals surface area contributed by atoms with Crippen LogP contribution >= 0.6 is 0 Å². The molecule has 0 radical (unpaired) electrons. The second-order valence-corrected chi connectivity index (χ2v) is 7.24. The summed E-state index contributed by atoms with van der Waals surface area (Å²) >= 11 is 0. The van der Waals surface area contributed by atoms with Gasteiger partial charge in [0, 0.05) is 6.07 Å². The third kappa shape index (κ3) is 3.58. The van der Waals surface area contributed by atoms with Gasteiger partial charge in [0.1, 0.15) is 18.2 Å². The van der Waals surface area contributed by atoms with Gasteiger partial charge in [0.05, 0.1) is 17.3 Å². The van der Waals surface area contributed by atoms with Crippen LogP contribution in [-0.2, 0) is 11.2 Å². The van der Waals surface area contributed by atoms with Gasteiger partial charge in [-0.25, -0.2) is 4.68 Å². The molecule has 0 bridgehead atoms. The minimum atomic E-state index is -0.220. The molecule has 1 aliphatic heterocycles. The third-order valence-corrected chi connectivity index (χ3v) is 4.78. The fraction of sp³-hybridized carbons (Fsp3) is 0.273. The lowest BCUT2D eigenvalue weighted by atomic mass is 9.96. The topological polar surface area (TPSA) is 56.2 Å². The van der Waals surface area contributed by atoms with Crippen molar-refractivity contribution in [3.05, 3.63) is 70.9 Å². The molecular weight excluding hydrogens is 338 g/mol. The van der Waals surface area contributed by atoms with Gasteiger partial charge in [-0.1, -0.05) is 24.3 Å². The smallest absolute Gasteiger partial charge is 0.232 e. The number of rotatable bonds is 3. The van der Waals surface area contributed by atoms with Crippen LogP contribution in [0.15, 0.2) is 48.5 Å². The molecule has 0 aliphatic carbocycles. The Balaban J connectivity index is 1.57. The fourth-order valence-electron chi connectivity index (χ4n) is 3.58. The van der Waals surface area contributed by atoms with Crippen LogP contribution in [-0.4, -0.2) is 22.3 Å². The van der Waals surface area contributed by atoms with Crippen molar-refractivity contribution in [3.63, 3.8) is 0 Å². The highest BCUT2D eigenvalue weighted by Gasteiger charge is 2.26. The summed E-state index contributed by atoms with van der Waals surface area (Å²) in [6.07, 6.45) is 0.679. The summed E-state index contributed by atoms with van der Waals surface area (Å²) in [4.78, 5) is 12.9. The fourth-order valence-corrected chi connectivity index (χ4v) is 3.58. The van der Waals surface area contributed by atoms with E-state index in [9.17, 15) is 4.79 Å². The van der Waals surface area contributed by atoms with Crippen LogP contribution in [0.1, 0.15) is 22.4 Å². The number of hydrogen-bond acceptors (Lipinski definition) is 3. The summed E-state index contributed by atoms with van der Waals surface area (Å²) in [7, 11) is 0. The van der Waals surface area contributed by atoms with Crippen molar-refractivity contribution in [3.8, 4) is 11.4 Å². The molecule has 0 fully saturated rings. The molecule has 2 aromatic carbocycles. The Morgan fingerprint density at radius 1 is 1.11 bits per heavy atom. The number of aryl methyl sites for hydroxylation is 3. The molecular formula is C22H23N3O2. The van der Waals surface area contributed by atoms with E-state index in [-0.39, 0.29) is 11.8 Å². The molecule has 1 aliphatic rings. The highest BCUT2D eigenvalue weighted by molar-refractivity contribution is 5.92. The minimum Gasteiger partial charge on any atom is -0.492 e. The van der Waals surface area contributed by atoms with Crippen molar-refractivity contribution in [2.45, 2.75) is 27.2 Å². The molecule has 2 heterocycles. The Bertz CT molecular complexity index is 986. The lowest BCUT2D eigenvalue weighted by molar-refractivity contribution is -0.121. The SMILES string of the molecule is Cc1cc(C)cc(-n2nc(C)cc2NC(=O)C2COc3ccccc3C2)c1. The van der Waals surface area contributed by atoms with Crippen LogP contribution in [0.2, 0.25) is 0 Å². The Labute approximate surface area is 159 Å². The lowest BCUT2D eigenvalue weighted by Gasteiger charge is -2.24. The number of nitrogens with one attached hydrogen (secondary N) is 1. The van der Waals surface area contributed by atoms with E-state index in [1.54, 1.807) is 4.68 Å². The summed E-state index contributed by atoms with van der Waals surface area (Å²) in [5, 5.41) is 7.62. The number of nitrogens with zero attached hydrogens (tertiary/aromatic N) is 2. The molecule has 0 saturated heterocycles. The normalized spacial score (nSPS) is 15.7. The largest absolute Gasteiger partial charge is 0.492 e. The van der Waals surface area contributed by atoms with Gasteiger partial charge in [-0.15, -0.1) is 0 Å². The zero-order valence-corrected chi connectivity index (χ0v) is 15.8. The summed E-state index contributed by atoms with van der Waals surface area (Å²) in [5.74, 6) is 1.29. The van der Waals surface area contributed by atoms with Crippen molar-refractivity contribution in [2.24, 2.45) is 5.92 Å². The maximum Gasteiger partial charge on any atom is 0.232 e. The minimum absolute atomic E-state index is 0.0463. The molecule has 1 aromatic heterocycles. The van der Waals surface area contributed by atoms with E-state index in [1.165, 1.54) is 0 Å². The number of carbonyl (C=O) groups excluding carboxylic acids is 1. The van der Waals surface area contributed by atoms with Crippen LogP contribution in [0.4, 0.5) is 5.82 Å². The van der Waals surface area contributed by atoms with Gasteiger partial charge in [-0.05, 0) is 62.1 Å². The first-order valence-corrected chi connectivity index (χ1v) is 9.16. The lowest BCUT2D eigenvalue weighted by Crippen LogP contribution is -2.33.